The smallest absolute Gasteiger partial charge is 0.326 e. The van der Waals surface area contributed by atoms with Crippen LogP contribution in [0, 0.1) is 5.92 Å². The quantitative estimate of drug-likeness (QED) is 0.700. The van der Waals surface area contributed by atoms with Crippen LogP contribution in [0.3, 0.4) is 0 Å². The molecule has 0 spiro atoms. The summed E-state index contributed by atoms with van der Waals surface area (Å²) < 4.78 is 26.8. The second kappa shape index (κ2) is 9.32. The fourth-order valence-corrected chi connectivity index (χ4v) is 4.67. The number of carboxylic acid groups (broad SMARTS) is 1. The van der Waals surface area contributed by atoms with Gasteiger partial charge in [0.05, 0.1) is 11.3 Å². The molecule has 7 nitrogen and oxygen atoms in total. The molecule has 8 heteroatoms. The second-order valence-electron chi connectivity index (χ2n) is 7.37. The van der Waals surface area contributed by atoms with Gasteiger partial charge in [-0.3, -0.25) is 4.79 Å². The van der Waals surface area contributed by atoms with Crippen LogP contribution in [0.1, 0.15) is 45.1 Å². The molecule has 1 atom stereocenters. The molecule has 1 saturated heterocycles. The molecular weight excluding hydrogens is 368 g/mol. The maximum absolute atomic E-state index is 12.6. The fourth-order valence-electron chi connectivity index (χ4n) is 3.16. The first kappa shape index (κ1) is 21.4. The lowest BCUT2D eigenvalue weighted by Crippen LogP contribution is -2.42. The van der Waals surface area contributed by atoms with Crippen LogP contribution in [0.5, 0.6) is 0 Å². The van der Waals surface area contributed by atoms with E-state index in [9.17, 15) is 23.1 Å². The zero-order valence-electron chi connectivity index (χ0n) is 15.8. The SMILES string of the molecule is CC(C)CC(NC(=O)Cc1ccc(S(=O)(=O)N2CCCCC2)cc1)C(=O)O. The Bertz CT molecular complexity index is 753. The lowest BCUT2D eigenvalue weighted by molar-refractivity contribution is -0.142. The van der Waals surface area contributed by atoms with Gasteiger partial charge in [-0.15, -0.1) is 0 Å². The zero-order valence-corrected chi connectivity index (χ0v) is 16.7. The van der Waals surface area contributed by atoms with Gasteiger partial charge in [0.25, 0.3) is 0 Å². The van der Waals surface area contributed by atoms with Crippen LogP contribution in [0.25, 0.3) is 0 Å². The monoisotopic (exact) mass is 396 g/mol. The lowest BCUT2D eigenvalue weighted by atomic mass is 10.0. The Labute approximate surface area is 160 Å². The third kappa shape index (κ3) is 6.04. The maximum atomic E-state index is 12.6. The van der Waals surface area contributed by atoms with E-state index in [4.69, 9.17) is 0 Å². The van der Waals surface area contributed by atoms with Crippen LogP contribution < -0.4 is 5.32 Å². The summed E-state index contributed by atoms with van der Waals surface area (Å²) in [5, 5.41) is 11.7. The molecule has 0 aromatic heterocycles. The van der Waals surface area contributed by atoms with Gasteiger partial charge in [0, 0.05) is 13.1 Å². The van der Waals surface area contributed by atoms with E-state index >= 15 is 0 Å². The van der Waals surface area contributed by atoms with Crippen molar-refractivity contribution in [2.24, 2.45) is 5.92 Å². The summed E-state index contributed by atoms with van der Waals surface area (Å²) >= 11 is 0. The molecule has 27 heavy (non-hydrogen) atoms. The molecule has 2 N–H and O–H groups in total. The normalized spacial score (nSPS) is 16.9. The predicted octanol–water partition coefficient (Wildman–Crippen LogP) is 2.02. The van der Waals surface area contributed by atoms with Gasteiger partial charge in [-0.25, -0.2) is 13.2 Å². The van der Waals surface area contributed by atoms with E-state index in [1.54, 1.807) is 12.1 Å². The first-order valence-corrected chi connectivity index (χ1v) is 10.8. The molecule has 1 fully saturated rings. The van der Waals surface area contributed by atoms with Crippen molar-refractivity contribution in [2.75, 3.05) is 13.1 Å². The van der Waals surface area contributed by atoms with Gasteiger partial charge in [-0.1, -0.05) is 32.4 Å². The van der Waals surface area contributed by atoms with E-state index in [-0.39, 0.29) is 17.2 Å². The van der Waals surface area contributed by atoms with E-state index in [2.05, 4.69) is 5.32 Å². The standard InChI is InChI=1S/C19H28N2O5S/c1-14(2)12-17(19(23)24)20-18(22)13-15-6-8-16(9-7-15)27(25,26)21-10-4-3-5-11-21/h6-9,14,17H,3-5,10-13H2,1-2H3,(H,20,22)(H,23,24). The van der Waals surface area contributed by atoms with Crippen LogP contribution in [0.4, 0.5) is 0 Å². The third-order valence-electron chi connectivity index (χ3n) is 4.58. The van der Waals surface area contributed by atoms with Crippen molar-refractivity contribution in [3.63, 3.8) is 0 Å². The number of hydrogen-bond acceptors (Lipinski definition) is 4. The van der Waals surface area contributed by atoms with Crippen LogP contribution in [0.2, 0.25) is 0 Å². The van der Waals surface area contributed by atoms with Crippen molar-refractivity contribution >= 4 is 21.9 Å². The van der Waals surface area contributed by atoms with Crippen molar-refractivity contribution in [3.8, 4) is 0 Å². The molecule has 1 aliphatic heterocycles. The Hall–Kier alpha value is -1.93. The number of amides is 1. The highest BCUT2D eigenvalue weighted by Gasteiger charge is 2.26. The van der Waals surface area contributed by atoms with Gasteiger partial charge in [-0.2, -0.15) is 4.31 Å². The van der Waals surface area contributed by atoms with Gasteiger partial charge in [0.2, 0.25) is 15.9 Å². The molecule has 0 bridgehead atoms. The molecular formula is C19H28N2O5S. The molecule has 1 amide bonds. The Balaban J connectivity index is 2.00. The van der Waals surface area contributed by atoms with E-state index in [1.165, 1.54) is 16.4 Å². The van der Waals surface area contributed by atoms with Gasteiger partial charge in [0.15, 0.2) is 0 Å². The van der Waals surface area contributed by atoms with Gasteiger partial charge < -0.3 is 10.4 Å². The molecule has 0 saturated carbocycles. The summed E-state index contributed by atoms with van der Waals surface area (Å²) in [5.41, 5.74) is 0.638. The number of nitrogens with zero attached hydrogens (tertiary/aromatic N) is 1. The predicted molar refractivity (Wildman–Crippen MR) is 102 cm³/mol. The maximum Gasteiger partial charge on any atom is 0.326 e. The molecule has 1 aromatic carbocycles. The third-order valence-corrected chi connectivity index (χ3v) is 6.49. The fraction of sp³-hybridized carbons (Fsp3) is 0.579. The number of carbonyl (C=O) groups excluding carboxylic acids is 1. The number of piperidine rings is 1. The average molecular weight is 397 g/mol. The minimum absolute atomic E-state index is 0.00587. The van der Waals surface area contributed by atoms with Crippen molar-refractivity contribution in [1.29, 1.82) is 0 Å². The average Bonchev–Trinajstić information content (AvgIpc) is 2.62. The number of rotatable bonds is 8. The van der Waals surface area contributed by atoms with Crippen LogP contribution in [-0.4, -0.2) is 48.8 Å². The van der Waals surface area contributed by atoms with Gasteiger partial charge >= 0.3 is 5.97 Å². The number of sulfonamides is 1. The number of benzene rings is 1. The van der Waals surface area contributed by atoms with Crippen LogP contribution >= 0.6 is 0 Å². The van der Waals surface area contributed by atoms with Crippen molar-refractivity contribution in [3.05, 3.63) is 29.8 Å². The largest absolute Gasteiger partial charge is 0.480 e. The summed E-state index contributed by atoms with van der Waals surface area (Å²) in [6.45, 7) is 4.87. The molecule has 150 valence electrons. The Kier molecular flexibility index (Phi) is 7.38. The van der Waals surface area contributed by atoms with Crippen molar-refractivity contribution in [2.45, 2.75) is 56.9 Å². The molecule has 1 unspecified atom stereocenters. The lowest BCUT2D eigenvalue weighted by Gasteiger charge is -2.25. The van der Waals surface area contributed by atoms with E-state index in [0.717, 1.165) is 19.3 Å². The molecule has 1 aliphatic rings. The molecule has 0 radical (unpaired) electrons. The number of hydrogen-bond donors (Lipinski definition) is 2. The van der Waals surface area contributed by atoms with Gasteiger partial charge in [0.1, 0.15) is 6.04 Å². The first-order chi connectivity index (χ1) is 12.7. The van der Waals surface area contributed by atoms with Gasteiger partial charge in [-0.05, 0) is 42.9 Å². The number of aliphatic carboxylic acids is 1. The summed E-state index contributed by atoms with van der Waals surface area (Å²) in [6.07, 6.45) is 3.16. The highest BCUT2D eigenvalue weighted by atomic mass is 32.2. The number of nitrogens with one attached hydrogen (secondary N) is 1. The summed E-state index contributed by atoms with van der Waals surface area (Å²) in [7, 11) is -3.50. The minimum Gasteiger partial charge on any atom is -0.480 e. The van der Waals surface area contributed by atoms with E-state index in [0.29, 0.717) is 25.1 Å². The number of carboxylic acids is 1. The summed E-state index contributed by atoms with van der Waals surface area (Å²) in [4.78, 5) is 23.6. The topological polar surface area (TPSA) is 104 Å². The molecule has 1 aromatic rings. The van der Waals surface area contributed by atoms with Crippen molar-refractivity contribution in [1.82, 2.24) is 9.62 Å². The van der Waals surface area contributed by atoms with Crippen molar-refractivity contribution < 1.29 is 23.1 Å². The summed E-state index contributed by atoms with van der Waals surface area (Å²) in [6, 6.07) is 5.31. The van der Waals surface area contributed by atoms with E-state index < -0.39 is 27.9 Å². The Morgan fingerprint density at radius 2 is 1.70 bits per heavy atom. The van der Waals surface area contributed by atoms with Crippen LogP contribution in [0.15, 0.2) is 29.2 Å². The van der Waals surface area contributed by atoms with Crippen LogP contribution in [-0.2, 0) is 26.0 Å². The van der Waals surface area contributed by atoms with E-state index in [1.807, 2.05) is 13.8 Å². The molecule has 1 heterocycles. The molecule has 0 aliphatic carbocycles. The highest BCUT2D eigenvalue weighted by molar-refractivity contribution is 7.89. The Morgan fingerprint density at radius 3 is 2.22 bits per heavy atom. The molecule has 2 rings (SSSR count). The Morgan fingerprint density at radius 1 is 1.11 bits per heavy atom. The summed E-state index contributed by atoms with van der Waals surface area (Å²) in [5.74, 6) is -1.31. The first-order valence-electron chi connectivity index (χ1n) is 9.31. The highest BCUT2D eigenvalue weighted by Crippen LogP contribution is 2.21. The zero-order chi connectivity index (χ0) is 20.0. The number of carbonyl (C=O) groups is 2. The minimum atomic E-state index is -3.50. The second-order valence-corrected chi connectivity index (χ2v) is 9.31.